The zero-order chi connectivity index (χ0) is 12.1. The maximum absolute atomic E-state index is 12.1. The second-order valence-corrected chi connectivity index (χ2v) is 4.41. The number of benzene rings is 1. The topological polar surface area (TPSA) is 12.5 Å². The van der Waals surface area contributed by atoms with Crippen LogP contribution in [0.5, 0.6) is 5.75 Å². The van der Waals surface area contributed by atoms with Crippen molar-refractivity contribution in [1.82, 2.24) is 4.90 Å². The van der Waals surface area contributed by atoms with E-state index < -0.39 is 6.43 Å². The van der Waals surface area contributed by atoms with Crippen LogP contribution in [-0.2, 0) is 6.54 Å². The van der Waals surface area contributed by atoms with Gasteiger partial charge in [-0.2, -0.15) is 0 Å². The lowest BCUT2D eigenvalue weighted by Crippen LogP contribution is -2.24. The van der Waals surface area contributed by atoms with E-state index in [9.17, 15) is 8.78 Å². The van der Waals surface area contributed by atoms with Crippen LogP contribution in [0.15, 0.2) is 22.7 Å². The van der Waals surface area contributed by atoms with Gasteiger partial charge in [-0.15, -0.1) is 0 Å². The Hall–Kier alpha value is -0.680. The Kier molecular flexibility index (Phi) is 5.15. The van der Waals surface area contributed by atoms with E-state index in [1.165, 1.54) is 0 Å². The number of hydrogen-bond acceptors (Lipinski definition) is 2. The maximum atomic E-state index is 12.1. The first-order valence-electron chi connectivity index (χ1n) is 4.82. The van der Waals surface area contributed by atoms with Crippen molar-refractivity contribution in [3.05, 3.63) is 28.2 Å². The van der Waals surface area contributed by atoms with Gasteiger partial charge in [0.05, 0.1) is 18.1 Å². The minimum Gasteiger partial charge on any atom is -0.496 e. The molecule has 0 unspecified atom stereocenters. The Labute approximate surface area is 102 Å². The van der Waals surface area contributed by atoms with Crippen LogP contribution in [0.3, 0.4) is 0 Å². The average Bonchev–Trinajstić information content (AvgIpc) is 2.16. The summed E-state index contributed by atoms with van der Waals surface area (Å²) in [5.74, 6) is 0.736. The van der Waals surface area contributed by atoms with Crippen molar-refractivity contribution in [3.63, 3.8) is 0 Å². The number of halogens is 3. The van der Waals surface area contributed by atoms with Crippen molar-refractivity contribution in [2.24, 2.45) is 0 Å². The fraction of sp³-hybridized carbons (Fsp3) is 0.455. The Bertz CT molecular complexity index is 347. The van der Waals surface area contributed by atoms with Crippen LogP contribution in [-0.4, -0.2) is 32.0 Å². The molecule has 1 aromatic carbocycles. The van der Waals surface area contributed by atoms with Crippen molar-refractivity contribution in [1.29, 1.82) is 0 Å². The summed E-state index contributed by atoms with van der Waals surface area (Å²) < 4.78 is 30.2. The molecule has 0 bridgehead atoms. The Balaban J connectivity index is 2.64. The van der Waals surface area contributed by atoms with Gasteiger partial charge in [0, 0.05) is 6.54 Å². The van der Waals surface area contributed by atoms with Gasteiger partial charge in [-0.25, -0.2) is 8.78 Å². The van der Waals surface area contributed by atoms with Crippen LogP contribution in [0.1, 0.15) is 5.56 Å². The van der Waals surface area contributed by atoms with Gasteiger partial charge in [0.2, 0.25) is 0 Å². The molecule has 0 saturated heterocycles. The summed E-state index contributed by atoms with van der Waals surface area (Å²) in [7, 11) is 3.26. The third-order valence-electron chi connectivity index (χ3n) is 2.12. The predicted octanol–water partition coefficient (Wildman–Crippen LogP) is 3.15. The van der Waals surface area contributed by atoms with Crippen LogP contribution in [0.2, 0.25) is 0 Å². The second-order valence-electron chi connectivity index (χ2n) is 3.56. The SMILES string of the molecule is COc1ccc(CN(C)CC(F)F)cc1Br. The first-order chi connectivity index (χ1) is 7.52. The Morgan fingerprint density at radius 3 is 2.62 bits per heavy atom. The molecule has 2 nitrogen and oxygen atoms in total. The van der Waals surface area contributed by atoms with Crippen molar-refractivity contribution in [3.8, 4) is 5.75 Å². The van der Waals surface area contributed by atoms with Gasteiger partial charge in [0.1, 0.15) is 5.75 Å². The van der Waals surface area contributed by atoms with Gasteiger partial charge in [0.15, 0.2) is 0 Å². The molecule has 0 aliphatic rings. The third kappa shape index (κ3) is 4.06. The Morgan fingerprint density at radius 1 is 1.44 bits per heavy atom. The number of alkyl halides is 2. The fourth-order valence-electron chi connectivity index (χ4n) is 1.42. The molecule has 5 heteroatoms. The highest BCUT2D eigenvalue weighted by Crippen LogP contribution is 2.25. The largest absolute Gasteiger partial charge is 0.496 e. The van der Waals surface area contributed by atoms with Crippen LogP contribution < -0.4 is 4.74 Å². The lowest BCUT2D eigenvalue weighted by Gasteiger charge is -2.16. The highest BCUT2D eigenvalue weighted by molar-refractivity contribution is 9.10. The minimum atomic E-state index is -2.30. The van der Waals surface area contributed by atoms with E-state index in [2.05, 4.69) is 15.9 Å². The molecule has 1 aromatic rings. The summed E-state index contributed by atoms with van der Waals surface area (Å²) in [5, 5.41) is 0. The number of methoxy groups -OCH3 is 1. The van der Waals surface area contributed by atoms with E-state index in [0.717, 1.165) is 15.8 Å². The first-order valence-corrected chi connectivity index (χ1v) is 5.61. The quantitative estimate of drug-likeness (QED) is 0.827. The molecular formula is C11H14BrF2NO. The van der Waals surface area contributed by atoms with E-state index in [1.807, 2.05) is 18.2 Å². The highest BCUT2D eigenvalue weighted by Gasteiger charge is 2.09. The molecule has 0 aromatic heterocycles. The molecule has 0 aliphatic carbocycles. The number of rotatable bonds is 5. The van der Waals surface area contributed by atoms with Crippen LogP contribution >= 0.6 is 15.9 Å². The molecule has 0 atom stereocenters. The van der Waals surface area contributed by atoms with Gasteiger partial charge in [-0.05, 0) is 40.7 Å². The molecule has 0 N–H and O–H groups in total. The van der Waals surface area contributed by atoms with Crippen LogP contribution in [0.4, 0.5) is 8.78 Å². The second kappa shape index (κ2) is 6.15. The molecule has 0 heterocycles. The third-order valence-corrected chi connectivity index (χ3v) is 2.74. The standard InChI is InChI=1S/C11H14BrF2NO/c1-15(7-11(13)14)6-8-3-4-10(16-2)9(12)5-8/h3-5,11H,6-7H2,1-2H3. The van der Waals surface area contributed by atoms with E-state index in [4.69, 9.17) is 4.74 Å². The van der Waals surface area contributed by atoms with Crippen LogP contribution in [0, 0.1) is 0 Å². The molecule has 0 aliphatic heterocycles. The minimum absolute atomic E-state index is 0.219. The predicted molar refractivity (Wildman–Crippen MR) is 63.0 cm³/mol. The lowest BCUT2D eigenvalue weighted by atomic mass is 10.2. The average molecular weight is 294 g/mol. The van der Waals surface area contributed by atoms with Gasteiger partial charge >= 0.3 is 0 Å². The summed E-state index contributed by atoms with van der Waals surface area (Å²) >= 11 is 3.36. The van der Waals surface area contributed by atoms with Crippen molar-refractivity contribution >= 4 is 15.9 Å². The van der Waals surface area contributed by atoms with E-state index >= 15 is 0 Å². The molecule has 90 valence electrons. The molecular weight excluding hydrogens is 280 g/mol. The smallest absolute Gasteiger partial charge is 0.251 e. The van der Waals surface area contributed by atoms with Crippen molar-refractivity contribution < 1.29 is 13.5 Å². The number of ether oxygens (including phenoxy) is 1. The summed E-state index contributed by atoms with van der Waals surface area (Å²) in [5.41, 5.74) is 0.968. The summed E-state index contributed by atoms with van der Waals surface area (Å²) in [4.78, 5) is 1.58. The molecule has 0 radical (unpaired) electrons. The van der Waals surface area contributed by atoms with E-state index in [0.29, 0.717) is 6.54 Å². The highest BCUT2D eigenvalue weighted by atomic mass is 79.9. The van der Waals surface area contributed by atoms with Crippen molar-refractivity contribution in [2.75, 3.05) is 20.7 Å². The Morgan fingerprint density at radius 2 is 2.12 bits per heavy atom. The molecule has 16 heavy (non-hydrogen) atoms. The van der Waals surface area contributed by atoms with E-state index in [-0.39, 0.29) is 6.54 Å². The molecule has 0 spiro atoms. The monoisotopic (exact) mass is 293 g/mol. The van der Waals surface area contributed by atoms with Crippen molar-refractivity contribution in [2.45, 2.75) is 13.0 Å². The maximum Gasteiger partial charge on any atom is 0.251 e. The first kappa shape index (κ1) is 13.4. The molecule has 0 fully saturated rings. The summed E-state index contributed by atoms with van der Waals surface area (Å²) in [6.45, 7) is 0.274. The van der Waals surface area contributed by atoms with Gasteiger partial charge in [-0.3, -0.25) is 4.90 Å². The van der Waals surface area contributed by atoms with E-state index in [1.54, 1.807) is 19.1 Å². The molecule has 1 rings (SSSR count). The fourth-order valence-corrected chi connectivity index (χ4v) is 2.01. The van der Waals surface area contributed by atoms with Crippen LogP contribution in [0.25, 0.3) is 0 Å². The molecule has 0 amide bonds. The summed E-state index contributed by atoms with van der Waals surface area (Å²) in [6, 6.07) is 5.56. The van der Waals surface area contributed by atoms with Gasteiger partial charge in [0.25, 0.3) is 6.43 Å². The zero-order valence-electron chi connectivity index (χ0n) is 9.21. The van der Waals surface area contributed by atoms with Gasteiger partial charge in [-0.1, -0.05) is 6.07 Å². The molecule has 0 saturated carbocycles. The number of hydrogen-bond donors (Lipinski definition) is 0. The lowest BCUT2D eigenvalue weighted by molar-refractivity contribution is 0.0975. The summed E-state index contributed by atoms with van der Waals surface area (Å²) in [6.07, 6.45) is -2.30. The number of nitrogens with zero attached hydrogens (tertiary/aromatic N) is 1. The zero-order valence-corrected chi connectivity index (χ0v) is 10.8. The van der Waals surface area contributed by atoms with Gasteiger partial charge < -0.3 is 4.74 Å². The normalized spacial score (nSPS) is 11.2.